The Hall–Kier alpha value is -3.48. The lowest BCUT2D eigenvalue weighted by atomic mass is 9.94. The quantitative estimate of drug-likeness (QED) is 0.256. The molecule has 7 nitrogen and oxygen atoms in total. The number of benzene rings is 1. The van der Waals surface area contributed by atoms with Gasteiger partial charge in [-0.25, -0.2) is 9.18 Å². The molecule has 5 aromatic rings. The van der Waals surface area contributed by atoms with Crippen LogP contribution < -0.4 is 16.6 Å². The lowest BCUT2D eigenvalue weighted by Crippen LogP contribution is -2.41. The van der Waals surface area contributed by atoms with Crippen molar-refractivity contribution < 1.29 is 17.6 Å². The molecule has 214 valence electrons. The van der Waals surface area contributed by atoms with Gasteiger partial charge in [0.25, 0.3) is 5.56 Å². The molecule has 1 fully saturated rings. The third kappa shape index (κ3) is 5.55. The molecule has 1 aliphatic rings. The summed E-state index contributed by atoms with van der Waals surface area (Å²) in [6, 6.07) is 10.0. The summed E-state index contributed by atoms with van der Waals surface area (Å²) >= 11 is 7.78. The topological polar surface area (TPSA) is 73.8 Å². The van der Waals surface area contributed by atoms with Crippen LogP contribution in [0.4, 0.5) is 17.6 Å². The molecule has 1 aliphatic heterocycles. The maximum absolute atomic E-state index is 15.7. The van der Waals surface area contributed by atoms with E-state index in [2.05, 4.69) is 10.3 Å². The standard InChI is InChI=1S/C28H24ClF4N5O2S/c29-18-11-17-2-9-36(15-27(30)4-7-34-8-5-27)24(17)21(12-18)20-1-6-35-22-13-19(41-25(20)22)14-38-23(39)3-10-37(26(38)40)16-28(31,32)33/h1-3,6,9-13,34H,4-5,7-8,14-16H2. The fourth-order valence-electron chi connectivity index (χ4n) is 5.44. The summed E-state index contributed by atoms with van der Waals surface area (Å²) in [5, 5.41) is 4.56. The van der Waals surface area contributed by atoms with Gasteiger partial charge in [0.15, 0.2) is 0 Å². The molecule has 0 unspecified atom stereocenters. The van der Waals surface area contributed by atoms with Gasteiger partial charge in [-0.3, -0.25) is 18.9 Å². The molecular formula is C28H24ClF4N5O2S. The summed E-state index contributed by atoms with van der Waals surface area (Å²) in [5.41, 5.74) is -0.124. The second-order valence-corrected chi connectivity index (χ2v) is 11.9. The van der Waals surface area contributed by atoms with Crippen molar-refractivity contribution in [2.45, 2.75) is 44.3 Å². The molecule has 1 N–H and O–H groups in total. The average Bonchev–Trinajstić information content (AvgIpc) is 3.50. The average molecular weight is 606 g/mol. The van der Waals surface area contributed by atoms with E-state index < -0.39 is 29.6 Å². The Morgan fingerprint density at radius 3 is 2.54 bits per heavy atom. The van der Waals surface area contributed by atoms with Gasteiger partial charge in [-0.1, -0.05) is 11.6 Å². The number of nitrogens with one attached hydrogen (secondary N) is 1. The summed E-state index contributed by atoms with van der Waals surface area (Å²) in [7, 11) is 0. The second-order valence-electron chi connectivity index (χ2n) is 10.3. The first-order chi connectivity index (χ1) is 19.5. The molecule has 0 aliphatic carbocycles. The van der Waals surface area contributed by atoms with E-state index in [1.54, 1.807) is 12.3 Å². The van der Waals surface area contributed by atoms with Crippen molar-refractivity contribution in [3.8, 4) is 11.1 Å². The number of hydrogen-bond donors (Lipinski definition) is 1. The number of aromatic nitrogens is 4. The molecular weight excluding hydrogens is 582 g/mol. The van der Waals surface area contributed by atoms with Gasteiger partial charge in [0, 0.05) is 51.1 Å². The number of alkyl halides is 4. The van der Waals surface area contributed by atoms with E-state index in [0.29, 0.717) is 45.9 Å². The highest BCUT2D eigenvalue weighted by molar-refractivity contribution is 7.19. The molecule has 41 heavy (non-hydrogen) atoms. The van der Waals surface area contributed by atoms with E-state index >= 15 is 4.39 Å². The van der Waals surface area contributed by atoms with Gasteiger partial charge < -0.3 is 9.88 Å². The summed E-state index contributed by atoms with van der Waals surface area (Å²) in [6.07, 6.45) is 0.546. The van der Waals surface area contributed by atoms with Crippen LogP contribution in [0.25, 0.3) is 32.2 Å². The van der Waals surface area contributed by atoms with Crippen molar-refractivity contribution in [1.82, 2.24) is 24.0 Å². The highest BCUT2D eigenvalue weighted by atomic mass is 35.5. The molecule has 4 aromatic heterocycles. The molecule has 1 saturated heterocycles. The van der Waals surface area contributed by atoms with Crippen molar-refractivity contribution in [1.29, 1.82) is 0 Å². The zero-order valence-corrected chi connectivity index (χ0v) is 23.1. The van der Waals surface area contributed by atoms with E-state index in [0.717, 1.165) is 43.6 Å². The van der Waals surface area contributed by atoms with Crippen LogP contribution in [0.15, 0.2) is 64.6 Å². The first kappa shape index (κ1) is 27.7. The van der Waals surface area contributed by atoms with Crippen LogP contribution in [0, 0.1) is 0 Å². The molecule has 0 atom stereocenters. The van der Waals surface area contributed by atoms with Gasteiger partial charge in [-0.15, -0.1) is 11.3 Å². The van der Waals surface area contributed by atoms with Crippen molar-refractivity contribution in [2.24, 2.45) is 0 Å². The van der Waals surface area contributed by atoms with Crippen LogP contribution in [0.3, 0.4) is 0 Å². The van der Waals surface area contributed by atoms with Crippen molar-refractivity contribution >= 4 is 44.1 Å². The fourth-order valence-corrected chi connectivity index (χ4v) is 6.79. The lowest BCUT2D eigenvalue weighted by Gasteiger charge is -2.31. The molecule has 0 radical (unpaired) electrons. The SMILES string of the molecule is O=c1ccn(CC(F)(F)F)c(=O)n1Cc1cc2nccc(-c3cc(Cl)cc4ccn(CC5(F)CCNCC5)c34)c2s1. The third-order valence-corrected chi connectivity index (χ3v) is 8.70. The maximum atomic E-state index is 15.7. The van der Waals surface area contributed by atoms with Crippen LogP contribution in [-0.4, -0.2) is 43.6 Å². The minimum Gasteiger partial charge on any atom is -0.344 e. The van der Waals surface area contributed by atoms with E-state index in [1.807, 2.05) is 35.0 Å². The Balaban J connectivity index is 1.43. The number of pyridine rings is 1. The zero-order chi connectivity index (χ0) is 28.9. The molecule has 5 heterocycles. The van der Waals surface area contributed by atoms with Crippen molar-refractivity contribution in [3.05, 3.63) is 85.7 Å². The highest BCUT2D eigenvalue weighted by Crippen LogP contribution is 2.40. The van der Waals surface area contributed by atoms with Gasteiger partial charge in [0.2, 0.25) is 0 Å². The monoisotopic (exact) mass is 605 g/mol. The summed E-state index contributed by atoms with van der Waals surface area (Å²) < 4.78 is 58.4. The largest absolute Gasteiger partial charge is 0.406 e. The zero-order valence-electron chi connectivity index (χ0n) is 21.5. The molecule has 0 spiro atoms. The van der Waals surface area contributed by atoms with Crippen LogP contribution in [0.2, 0.25) is 5.02 Å². The smallest absolute Gasteiger partial charge is 0.344 e. The first-order valence-electron chi connectivity index (χ1n) is 12.9. The Kier molecular flexibility index (Phi) is 7.03. The van der Waals surface area contributed by atoms with Gasteiger partial charge in [-0.05, 0) is 56.3 Å². The van der Waals surface area contributed by atoms with Crippen LogP contribution >= 0.6 is 22.9 Å². The van der Waals surface area contributed by atoms with Crippen molar-refractivity contribution in [3.63, 3.8) is 0 Å². The number of rotatable bonds is 6. The van der Waals surface area contributed by atoms with Crippen molar-refractivity contribution in [2.75, 3.05) is 13.1 Å². The minimum absolute atomic E-state index is 0.192. The maximum Gasteiger partial charge on any atom is 0.406 e. The predicted molar refractivity (Wildman–Crippen MR) is 152 cm³/mol. The van der Waals surface area contributed by atoms with E-state index in [-0.39, 0.29) is 13.1 Å². The van der Waals surface area contributed by atoms with Crippen LogP contribution in [-0.2, 0) is 19.6 Å². The van der Waals surface area contributed by atoms with E-state index in [1.165, 1.54) is 11.3 Å². The molecule has 0 saturated carbocycles. The van der Waals surface area contributed by atoms with Crippen LogP contribution in [0.5, 0.6) is 0 Å². The van der Waals surface area contributed by atoms with E-state index in [4.69, 9.17) is 11.6 Å². The number of halogens is 5. The Morgan fingerprint density at radius 1 is 1.02 bits per heavy atom. The number of fused-ring (bicyclic) bond motifs is 2. The van der Waals surface area contributed by atoms with Gasteiger partial charge >= 0.3 is 11.9 Å². The minimum atomic E-state index is -4.61. The molecule has 0 amide bonds. The number of piperidine rings is 1. The molecule has 1 aromatic carbocycles. The third-order valence-electron chi connectivity index (χ3n) is 7.34. The number of nitrogens with zero attached hydrogens (tertiary/aromatic N) is 4. The van der Waals surface area contributed by atoms with Crippen LogP contribution in [0.1, 0.15) is 17.7 Å². The number of hydrogen-bond acceptors (Lipinski definition) is 5. The van der Waals surface area contributed by atoms with Gasteiger partial charge in [0.05, 0.1) is 28.8 Å². The first-order valence-corrected chi connectivity index (χ1v) is 14.1. The number of thiophene rings is 1. The Bertz CT molecular complexity index is 1880. The summed E-state index contributed by atoms with van der Waals surface area (Å²) in [4.78, 5) is 30.2. The van der Waals surface area contributed by atoms with E-state index in [9.17, 15) is 22.8 Å². The predicted octanol–water partition coefficient (Wildman–Crippen LogP) is 5.60. The lowest BCUT2D eigenvalue weighted by molar-refractivity contribution is -0.141. The second kappa shape index (κ2) is 10.4. The Morgan fingerprint density at radius 2 is 1.78 bits per heavy atom. The van der Waals surface area contributed by atoms with Gasteiger partial charge in [0.1, 0.15) is 12.2 Å². The summed E-state index contributed by atoms with van der Waals surface area (Å²) in [5.74, 6) is 0. The highest BCUT2D eigenvalue weighted by Gasteiger charge is 2.33. The fraction of sp³-hybridized carbons (Fsp3) is 0.321. The normalized spacial score (nSPS) is 15.6. The molecule has 13 heteroatoms. The molecule has 0 bridgehead atoms. The summed E-state index contributed by atoms with van der Waals surface area (Å²) in [6.45, 7) is -0.286. The van der Waals surface area contributed by atoms with Gasteiger partial charge in [-0.2, -0.15) is 13.2 Å². The molecule has 6 rings (SSSR count). The Labute approximate surface area is 239 Å².